The molecule has 1 saturated heterocycles. The fraction of sp³-hybridized carbons (Fsp3) is 0.583. The number of Topliss-reactive ketones (excluding diaryl/α,β-unsaturated/α-hetero) is 1. The van der Waals surface area contributed by atoms with E-state index in [0.717, 1.165) is 10.2 Å². The predicted octanol–water partition coefficient (Wildman–Crippen LogP) is 4.16. The van der Waals surface area contributed by atoms with E-state index in [2.05, 4.69) is 15.9 Å². The van der Waals surface area contributed by atoms with Crippen molar-refractivity contribution in [1.29, 1.82) is 0 Å². The van der Waals surface area contributed by atoms with Gasteiger partial charge >= 0.3 is 0 Å². The summed E-state index contributed by atoms with van der Waals surface area (Å²) in [6, 6.07) is 4.06. The highest BCUT2D eigenvalue weighted by molar-refractivity contribution is 9.11. The Morgan fingerprint density at radius 2 is 2.12 bits per heavy atom. The lowest BCUT2D eigenvalue weighted by Crippen LogP contribution is -2.15. The zero-order chi connectivity index (χ0) is 11.4. The third-order valence-corrected chi connectivity index (χ3v) is 5.53. The lowest BCUT2D eigenvalue weighted by molar-refractivity contribution is -0.119. The van der Waals surface area contributed by atoms with Crippen LogP contribution in [0.5, 0.6) is 0 Å². The van der Waals surface area contributed by atoms with Gasteiger partial charge in [-0.05, 0) is 58.3 Å². The summed E-state index contributed by atoms with van der Waals surface area (Å²) in [5.41, 5.74) is 0. The van der Waals surface area contributed by atoms with Crippen molar-refractivity contribution in [2.75, 3.05) is 11.5 Å². The first-order valence-corrected chi connectivity index (χ1v) is 8.34. The zero-order valence-corrected chi connectivity index (χ0v) is 12.3. The van der Waals surface area contributed by atoms with Gasteiger partial charge in [0.2, 0.25) is 0 Å². The summed E-state index contributed by atoms with van der Waals surface area (Å²) in [6.45, 7) is 0. The number of carbonyl (C=O) groups excluding carboxylic acids is 1. The second-order valence-electron chi connectivity index (χ2n) is 4.18. The maximum Gasteiger partial charge on any atom is 0.138 e. The molecule has 1 fully saturated rings. The first kappa shape index (κ1) is 12.7. The van der Waals surface area contributed by atoms with Crippen molar-refractivity contribution >= 4 is 44.8 Å². The van der Waals surface area contributed by atoms with E-state index in [9.17, 15) is 4.79 Å². The number of carbonyl (C=O) groups is 1. The van der Waals surface area contributed by atoms with Crippen molar-refractivity contribution < 1.29 is 4.79 Å². The van der Waals surface area contributed by atoms with Crippen LogP contribution < -0.4 is 0 Å². The minimum Gasteiger partial charge on any atom is -0.299 e. The molecule has 0 aromatic carbocycles. The maximum absolute atomic E-state index is 11.9. The van der Waals surface area contributed by atoms with Gasteiger partial charge in [-0.25, -0.2) is 0 Å². The van der Waals surface area contributed by atoms with Crippen LogP contribution in [-0.4, -0.2) is 17.3 Å². The third kappa shape index (κ3) is 3.90. The lowest BCUT2D eigenvalue weighted by Gasteiger charge is -2.20. The van der Waals surface area contributed by atoms with Crippen molar-refractivity contribution in [3.63, 3.8) is 0 Å². The molecule has 2 heterocycles. The molecule has 0 amide bonds. The molecule has 88 valence electrons. The smallest absolute Gasteiger partial charge is 0.138 e. The van der Waals surface area contributed by atoms with Gasteiger partial charge in [0.15, 0.2) is 0 Å². The molecule has 0 atom stereocenters. The van der Waals surface area contributed by atoms with E-state index in [-0.39, 0.29) is 0 Å². The molecule has 0 saturated carbocycles. The molecule has 1 aromatic heterocycles. The molecule has 0 spiro atoms. The SMILES string of the molecule is O=C(Cc1ccc(Br)s1)CC1CCSCC1. The fourth-order valence-corrected chi connectivity index (χ4v) is 4.70. The van der Waals surface area contributed by atoms with E-state index in [4.69, 9.17) is 0 Å². The number of thiophene rings is 1. The van der Waals surface area contributed by atoms with E-state index >= 15 is 0 Å². The topological polar surface area (TPSA) is 17.1 Å². The summed E-state index contributed by atoms with van der Waals surface area (Å²) in [4.78, 5) is 13.1. The van der Waals surface area contributed by atoms with Crippen LogP contribution in [0.1, 0.15) is 24.1 Å². The summed E-state index contributed by atoms with van der Waals surface area (Å²) in [5, 5.41) is 0. The minimum atomic E-state index is 0.409. The molecule has 1 aromatic rings. The van der Waals surface area contributed by atoms with E-state index in [1.54, 1.807) is 11.3 Å². The van der Waals surface area contributed by atoms with Crippen LogP contribution in [0.25, 0.3) is 0 Å². The number of rotatable bonds is 4. The average Bonchev–Trinajstić information content (AvgIpc) is 2.65. The predicted molar refractivity (Wildman–Crippen MR) is 75.4 cm³/mol. The maximum atomic E-state index is 11.9. The lowest BCUT2D eigenvalue weighted by atomic mass is 9.95. The second kappa shape index (κ2) is 6.22. The van der Waals surface area contributed by atoms with Gasteiger partial charge in [0.1, 0.15) is 5.78 Å². The summed E-state index contributed by atoms with van der Waals surface area (Å²) >= 11 is 7.11. The Labute approximate surface area is 113 Å². The Bertz CT molecular complexity index is 356. The quantitative estimate of drug-likeness (QED) is 0.829. The van der Waals surface area contributed by atoms with Crippen LogP contribution in [0, 0.1) is 5.92 Å². The monoisotopic (exact) mass is 318 g/mol. The van der Waals surface area contributed by atoms with Gasteiger partial charge in [-0.2, -0.15) is 11.8 Å². The highest BCUT2D eigenvalue weighted by Gasteiger charge is 2.17. The molecule has 16 heavy (non-hydrogen) atoms. The molecule has 1 nitrogen and oxygen atoms in total. The number of thioether (sulfide) groups is 1. The van der Waals surface area contributed by atoms with Crippen LogP contribution in [0.4, 0.5) is 0 Å². The summed E-state index contributed by atoms with van der Waals surface area (Å²) in [5.74, 6) is 3.54. The van der Waals surface area contributed by atoms with Gasteiger partial charge in [-0.3, -0.25) is 4.79 Å². The van der Waals surface area contributed by atoms with Crippen molar-refractivity contribution in [3.05, 3.63) is 20.8 Å². The van der Waals surface area contributed by atoms with E-state index in [1.165, 1.54) is 29.2 Å². The van der Waals surface area contributed by atoms with Crippen molar-refractivity contribution in [2.24, 2.45) is 5.92 Å². The largest absolute Gasteiger partial charge is 0.299 e. The molecule has 1 aliphatic heterocycles. The molecule has 0 radical (unpaired) electrons. The summed E-state index contributed by atoms with van der Waals surface area (Å²) < 4.78 is 1.12. The van der Waals surface area contributed by atoms with Gasteiger partial charge < -0.3 is 0 Å². The van der Waals surface area contributed by atoms with Gasteiger partial charge in [0.05, 0.1) is 3.79 Å². The first-order chi connectivity index (χ1) is 7.74. The molecule has 2 rings (SSSR count). The molecule has 1 aliphatic rings. The van der Waals surface area contributed by atoms with Gasteiger partial charge in [-0.1, -0.05) is 0 Å². The fourth-order valence-electron chi connectivity index (χ4n) is 1.99. The first-order valence-electron chi connectivity index (χ1n) is 5.57. The third-order valence-electron chi connectivity index (χ3n) is 2.86. The minimum absolute atomic E-state index is 0.409. The van der Waals surface area contributed by atoms with Crippen LogP contribution in [0.15, 0.2) is 15.9 Å². The molecule has 0 bridgehead atoms. The average molecular weight is 319 g/mol. The normalized spacial score (nSPS) is 17.6. The molecule has 0 aliphatic carbocycles. The highest BCUT2D eigenvalue weighted by Crippen LogP contribution is 2.27. The van der Waals surface area contributed by atoms with Crippen LogP contribution in [-0.2, 0) is 11.2 Å². The molecule has 0 N–H and O–H groups in total. The van der Waals surface area contributed by atoms with Crippen molar-refractivity contribution in [3.8, 4) is 0 Å². The summed E-state index contributed by atoms with van der Waals surface area (Å²) in [6.07, 6.45) is 3.87. The Morgan fingerprint density at radius 1 is 1.38 bits per heavy atom. The molecular formula is C12H15BrOS2. The van der Waals surface area contributed by atoms with Crippen LogP contribution in [0.2, 0.25) is 0 Å². The highest BCUT2D eigenvalue weighted by atomic mass is 79.9. The molecule has 0 unspecified atom stereocenters. The Balaban J connectivity index is 1.79. The van der Waals surface area contributed by atoms with Crippen molar-refractivity contribution in [2.45, 2.75) is 25.7 Å². The zero-order valence-electron chi connectivity index (χ0n) is 9.08. The Morgan fingerprint density at radius 3 is 2.75 bits per heavy atom. The molecular weight excluding hydrogens is 304 g/mol. The van der Waals surface area contributed by atoms with Crippen molar-refractivity contribution in [1.82, 2.24) is 0 Å². The van der Waals surface area contributed by atoms with Crippen LogP contribution in [0.3, 0.4) is 0 Å². The van der Waals surface area contributed by atoms with E-state index < -0.39 is 0 Å². The number of halogens is 1. The summed E-state index contributed by atoms with van der Waals surface area (Å²) in [7, 11) is 0. The Kier molecular flexibility index (Phi) is 4.92. The standard InChI is InChI=1S/C12H15BrOS2/c13-12-2-1-11(16-12)8-10(14)7-9-3-5-15-6-4-9/h1-2,9H,3-8H2. The second-order valence-corrected chi connectivity index (χ2v) is 7.95. The Hall–Kier alpha value is 0.200. The number of ketones is 1. The number of hydrogen-bond donors (Lipinski definition) is 0. The number of hydrogen-bond acceptors (Lipinski definition) is 3. The van der Waals surface area contributed by atoms with Gasteiger partial charge in [0.25, 0.3) is 0 Å². The molecule has 4 heteroatoms. The van der Waals surface area contributed by atoms with Gasteiger partial charge in [0, 0.05) is 17.7 Å². The van der Waals surface area contributed by atoms with Crippen LogP contribution >= 0.6 is 39.0 Å². The van der Waals surface area contributed by atoms with Gasteiger partial charge in [-0.15, -0.1) is 11.3 Å². The van der Waals surface area contributed by atoms with E-state index in [0.29, 0.717) is 18.1 Å². The van der Waals surface area contributed by atoms with E-state index in [1.807, 2.05) is 23.9 Å².